The Hall–Kier alpha value is -0.230. The molecule has 0 radical (unpaired) electrons. The van der Waals surface area contributed by atoms with Gasteiger partial charge in [0.25, 0.3) is 0 Å². The van der Waals surface area contributed by atoms with E-state index in [2.05, 4.69) is 34.4 Å². The minimum Gasteiger partial charge on any atom is -0.491 e. The fourth-order valence-corrected chi connectivity index (χ4v) is 2.63. The van der Waals surface area contributed by atoms with Gasteiger partial charge in [-0.1, -0.05) is 22.9 Å². The molecular formula is C14H22BrNO2S. The van der Waals surface area contributed by atoms with Crippen molar-refractivity contribution in [1.82, 2.24) is 5.32 Å². The summed E-state index contributed by atoms with van der Waals surface area (Å²) in [6.45, 7) is 3.03. The van der Waals surface area contributed by atoms with E-state index in [1.54, 1.807) is 0 Å². The van der Waals surface area contributed by atoms with E-state index in [1.807, 2.05) is 36.0 Å². The maximum atomic E-state index is 9.87. The Morgan fingerprint density at radius 2 is 2.05 bits per heavy atom. The summed E-state index contributed by atoms with van der Waals surface area (Å²) in [5, 5.41) is 13.2. The molecular weight excluding hydrogens is 326 g/mol. The smallest absolute Gasteiger partial charge is 0.119 e. The summed E-state index contributed by atoms with van der Waals surface area (Å²) in [6.07, 6.45) is 2.68. The van der Waals surface area contributed by atoms with E-state index >= 15 is 0 Å². The lowest BCUT2D eigenvalue weighted by Gasteiger charge is -2.19. The second kappa shape index (κ2) is 9.64. The predicted octanol–water partition coefficient (Wildman–Crippen LogP) is 2.92. The summed E-state index contributed by atoms with van der Waals surface area (Å²) < 4.78 is 6.55. The molecule has 0 aliphatic rings. The van der Waals surface area contributed by atoms with E-state index in [0.29, 0.717) is 19.2 Å². The highest BCUT2D eigenvalue weighted by Crippen LogP contribution is 2.16. The maximum absolute atomic E-state index is 9.87. The van der Waals surface area contributed by atoms with Crippen molar-refractivity contribution in [2.45, 2.75) is 25.5 Å². The minimum absolute atomic E-state index is 0.310. The Morgan fingerprint density at radius 3 is 2.63 bits per heavy atom. The van der Waals surface area contributed by atoms with Gasteiger partial charge in [-0.25, -0.2) is 0 Å². The third-order valence-electron chi connectivity index (χ3n) is 2.76. The van der Waals surface area contributed by atoms with Crippen molar-refractivity contribution in [3.8, 4) is 5.75 Å². The summed E-state index contributed by atoms with van der Waals surface area (Å²) in [4.78, 5) is 0. The Kier molecular flexibility index (Phi) is 8.53. The van der Waals surface area contributed by atoms with Gasteiger partial charge in [0.05, 0.1) is 0 Å². The molecule has 0 bridgehead atoms. The summed E-state index contributed by atoms with van der Waals surface area (Å²) in [5.74, 6) is 1.84. The van der Waals surface area contributed by atoms with Crippen LogP contribution in [0, 0.1) is 0 Å². The molecule has 0 amide bonds. The molecule has 3 nitrogen and oxygen atoms in total. The van der Waals surface area contributed by atoms with Crippen LogP contribution >= 0.6 is 27.7 Å². The monoisotopic (exact) mass is 347 g/mol. The predicted molar refractivity (Wildman–Crippen MR) is 86.1 cm³/mol. The van der Waals surface area contributed by atoms with Crippen LogP contribution in [0.5, 0.6) is 5.75 Å². The number of benzene rings is 1. The second-order valence-corrected chi connectivity index (χ2v) is 6.21. The van der Waals surface area contributed by atoms with Crippen molar-refractivity contribution in [1.29, 1.82) is 0 Å². The van der Waals surface area contributed by atoms with Crippen LogP contribution in [0.4, 0.5) is 0 Å². The van der Waals surface area contributed by atoms with E-state index in [4.69, 9.17) is 4.74 Å². The SMILES string of the molecule is CCC(CSC)NCC(O)COc1ccc(Br)cc1. The molecule has 0 fully saturated rings. The van der Waals surface area contributed by atoms with Crippen LogP contribution in [0.15, 0.2) is 28.7 Å². The molecule has 0 aliphatic heterocycles. The fraction of sp³-hybridized carbons (Fsp3) is 0.571. The molecule has 2 atom stereocenters. The lowest BCUT2D eigenvalue weighted by atomic mass is 10.2. The first kappa shape index (κ1) is 16.8. The molecule has 5 heteroatoms. The van der Waals surface area contributed by atoms with E-state index in [0.717, 1.165) is 22.4 Å². The summed E-state index contributed by atoms with van der Waals surface area (Å²) >= 11 is 5.19. The maximum Gasteiger partial charge on any atom is 0.119 e. The zero-order valence-corrected chi connectivity index (χ0v) is 13.8. The summed E-state index contributed by atoms with van der Waals surface area (Å²) in [6, 6.07) is 8.06. The first-order valence-corrected chi connectivity index (χ1v) is 8.63. The quantitative estimate of drug-likeness (QED) is 0.720. The van der Waals surface area contributed by atoms with Gasteiger partial charge in [0.2, 0.25) is 0 Å². The Bertz CT molecular complexity index is 348. The number of aliphatic hydroxyl groups excluding tert-OH is 1. The van der Waals surface area contributed by atoms with E-state index in [9.17, 15) is 5.11 Å². The third kappa shape index (κ3) is 7.20. The molecule has 0 aliphatic carbocycles. The zero-order valence-electron chi connectivity index (χ0n) is 11.4. The van der Waals surface area contributed by atoms with E-state index in [1.165, 1.54) is 0 Å². The molecule has 19 heavy (non-hydrogen) atoms. The molecule has 0 aromatic heterocycles. The molecule has 1 aromatic carbocycles. The molecule has 108 valence electrons. The molecule has 0 saturated heterocycles. The Morgan fingerprint density at radius 1 is 1.37 bits per heavy atom. The van der Waals surface area contributed by atoms with Crippen molar-refractivity contribution < 1.29 is 9.84 Å². The number of ether oxygens (including phenoxy) is 1. The molecule has 0 saturated carbocycles. The first-order chi connectivity index (χ1) is 9.15. The summed E-state index contributed by atoms with van der Waals surface area (Å²) in [7, 11) is 0. The van der Waals surface area contributed by atoms with Crippen molar-refractivity contribution >= 4 is 27.7 Å². The largest absolute Gasteiger partial charge is 0.491 e. The molecule has 2 N–H and O–H groups in total. The van der Waals surface area contributed by atoms with Gasteiger partial charge in [0.15, 0.2) is 0 Å². The third-order valence-corrected chi connectivity index (χ3v) is 4.02. The average molecular weight is 348 g/mol. The van der Waals surface area contributed by atoms with Crippen LogP contribution < -0.4 is 10.1 Å². The lowest BCUT2D eigenvalue weighted by Crippen LogP contribution is -2.39. The van der Waals surface area contributed by atoms with Gasteiger partial charge in [-0.3, -0.25) is 0 Å². The second-order valence-electron chi connectivity index (χ2n) is 4.39. The van der Waals surface area contributed by atoms with Gasteiger partial charge in [0.1, 0.15) is 18.5 Å². The number of halogens is 1. The van der Waals surface area contributed by atoms with Gasteiger partial charge >= 0.3 is 0 Å². The topological polar surface area (TPSA) is 41.5 Å². The van der Waals surface area contributed by atoms with Crippen molar-refractivity contribution in [2.24, 2.45) is 0 Å². The van der Waals surface area contributed by atoms with Crippen LogP contribution in [0.3, 0.4) is 0 Å². The minimum atomic E-state index is -0.487. The normalized spacial score (nSPS) is 14.1. The van der Waals surface area contributed by atoms with Gasteiger partial charge < -0.3 is 15.2 Å². The van der Waals surface area contributed by atoms with Crippen LogP contribution in [-0.2, 0) is 0 Å². The standard InChI is InChI=1S/C14H22BrNO2S/c1-3-12(10-19-2)16-8-13(17)9-18-14-6-4-11(15)5-7-14/h4-7,12-13,16-17H,3,8-10H2,1-2H3. The molecule has 1 aromatic rings. The van der Waals surface area contributed by atoms with Crippen LogP contribution in [-0.4, -0.2) is 42.4 Å². The van der Waals surface area contributed by atoms with Crippen molar-refractivity contribution in [2.75, 3.05) is 25.2 Å². The highest BCUT2D eigenvalue weighted by Gasteiger charge is 2.09. The fourth-order valence-electron chi connectivity index (χ4n) is 1.61. The zero-order chi connectivity index (χ0) is 14.1. The highest BCUT2D eigenvalue weighted by molar-refractivity contribution is 9.10. The number of aliphatic hydroxyl groups is 1. The Balaban J connectivity index is 2.23. The van der Waals surface area contributed by atoms with Gasteiger partial charge in [-0.2, -0.15) is 11.8 Å². The van der Waals surface area contributed by atoms with Crippen LogP contribution in [0.2, 0.25) is 0 Å². The summed E-state index contributed by atoms with van der Waals surface area (Å²) in [5.41, 5.74) is 0. The molecule has 0 heterocycles. The number of hydrogen-bond donors (Lipinski definition) is 2. The van der Waals surface area contributed by atoms with Crippen LogP contribution in [0.1, 0.15) is 13.3 Å². The molecule has 0 spiro atoms. The molecule has 2 unspecified atom stereocenters. The Labute approximate surface area is 128 Å². The number of nitrogens with one attached hydrogen (secondary N) is 1. The van der Waals surface area contributed by atoms with E-state index in [-0.39, 0.29) is 0 Å². The van der Waals surface area contributed by atoms with Crippen LogP contribution in [0.25, 0.3) is 0 Å². The van der Waals surface area contributed by atoms with Gasteiger partial charge in [-0.15, -0.1) is 0 Å². The highest BCUT2D eigenvalue weighted by atomic mass is 79.9. The lowest BCUT2D eigenvalue weighted by molar-refractivity contribution is 0.104. The van der Waals surface area contributed by atoms with Gasteiger partial charge in [0, 0.05) is 22.8 Å². The molecule has 1 rings (SSSR count). The number of hydrogen-bond acceptors (Lipinski definition) is 4. The average Bonchev–Trinajstić information content (AvgIpc) is 2.42. The first-order valence-electron chi connectivity index (χ1n) is 6.44. The number of rotatable bonds is 9. The van der Waals surface area contributed by atoms with Crippen molar-refractivity contribution in [3.63, 3.8) is 0 Å². The van der Waals surface area contributed by atoms with E-state index < -0.39 is 6.10 Å². The van der Waals surface area contributed by atoms with Crippen molar-refractivity contribution in [3.05, 3.63) is 28.7 Å². The van der Waals surface area contributed by atoms with Gasteiger partial charge in [-0.05, 0) is 36.9 Å². The number of thioether (sulfide) groups is 1.